The molecule has 2 N–H and O–H groups in total. The summed E-state index contributed by atoms with van der Waals surface area (Å²) in [7, 11) is 0. The number of primary amides is 1. The van der Waals surface area contributed by atoms with Gasteiger partial charge in [0.25, 0.3) is 0 Å². The van der Waals surface area contributed by atoms with Crippen molar-refractivity contribution in [2.24, 2.45) is 5.73 Å². The average molecular weight is 217 g/mol. The molecule has 1 heterocycles. The van der Waals surface area contributed by atoms with Crippen LogP contribution in [0.2, 0.25) is 0 Å². The first kappa shape index (κ1) is 10.3. The Bertz CT molecular complexity index is 463. The van der Waals surface area contributed by atoms with Crippen LogP contribution in [0.3, 0.4) is 0 Å². The summed E-state index contributed by atoms with van der Waals surface area (Å²) < 4.78 is 10.4. The lowest BCUT2D eigenvalue weighted by atomic mass is 10.2. The second kappa shape index (κ2) is 4.53. The van der Waals surface area contributed by atoms with E-state index in [0.717, 1.165) is 17.1 Å². The number of amides is 1. The monoisotopic (exact) mass is 217 g/mol. The summed E-state index contributed by atoms with van der Waals surface area (Å²) in [5.41, 5.74) is 5.92. The molecule has 2 rings (SSSR count). The Labute approximate surface area is 93.0 Å². The minimum absolute atomic E-state index is 0.268. The highest BCUT2D eigenvalue weighted by Crippen LogP contribution is 2.32. The Hall–Kier alpha value is -2.23. The molecule has 0 atom stereocenters. The predicted octanol–water partition coefficient (Wildman–Crippen LogP) is 1.47. The smallest absolute Gasteiger partial charge is 0.241 e. The molecule has 4 nitrogen and oxygen atoms in total. The normalized spacial score (nSPS) is 13.8. The molecule has 0 unspecified atom stereocenters. The minimum Gasteiger partial charge on any atom is -0.454 e. The van der Waals surface area contributed by atoms with E-state index in [4.69, 9.17) is 15.2 Å². The van der Waals surface area contributed by atoms with Crippen LogP contribution in [0.25, 0.3) is 6.08 Å². The molecule has 1 aromatic carbocycles. The maximum absolute atomic E-state index is 10.4. The third-order valence-electron chi connectivity index (χ3n) is 2.06. The van der Waals surface area contributed by atoms with E-state index < -0.39 is 5.91 Å². The van der Waals surface area contributed by atoms with Crippen molar-refractivity contribution < 1.29 is 14.3 Å². The number of fused-ring (bicyclic) bond motifs is 1. The maximum atomic E-state index is 10.4. The molecule has 0 bridgehead atoms. The van der Waals surface area contributed by atoms with E-state index in [1.807, 2.05) is 24.3 Å². The molecule has 0 fully saturated rings. The third-order valence-corrected chi connectivity index (χ3v) is 2.06. The van der Waals surface area contributed by atoms with Crippen LogP contribution in [-0.4, -0.2) is 12.7 Å². The first-order chi connectivity index (χ1) is 7.75. The summed E-state index contributed by atoms with van der Waals surface area (Å²) in [4.78, 5) is 10.4. The molecule has 1 aliphatic heterocycles. The molecule has 1 aliphatic rings. The molecule has 0 aliphatic carbocycles. The second-order valence-corrected chi connectivity index (χ2v) is 3.23. The highest BCUT2D eigenvalue weighted by molar-refractivity contribution is 5.86. The van der Waals surface area contributed by atoms with Crippen molar-refractivity contribution in [2.75, 3.05) is 6.79 Å². The summed E-state index contributed by atoms with van der Waals surface area (Å²) >= 11 is 0. The zero-order valence-corrected chi connectivity index (χ0v) is 8.55. The maximum Gasteiger partial charge on any atom is 0.241 e. The van der Waals surface area contributed by atoms with Gasteiger partial charge in [0, 0.05) is 6.08 Å². The van der Waals surface area contributed by atoms with E-state index >= 15 is 0 Å². The highest BCUT2D eigenvalue weighted by Gasteiger charge is 2.11. The van der Waals surface area contributed by atoms with E-state index in [0.29, 0.717) is 0 Å². The quantitative estimate of drug-likeness (QED) is 0.616. The number of allylic oxidation sites excluding steroid dienone is 2. The van der Waals surface area contributed by atoms with Crippen molar-refractivity contribution in [1.29, 1.82) is 0 Å². The minimum atomic E-state index is -0.463. The van der Waals surface area contributed by atoms with Crippen LogP contribution in [0, 0.1) is 0 Å². The predicted molar refractivity (Wildman–Crippen MR) is 59.9 cm³/mol. The number of hydrogen-bond donors (Lipinski definition) is 1. The Balaban J connectivity index is 2.08. The number of rotatable bonds is 3. The van der Waals surface area contributed by atoms with Crippen molar-refractivity contribution in [3.63, 3.8) is 0 Å². The van der Waals surface area contributed by atoms with E-state index in [2.05, 4.69) is 0 Å². The number of nitrogens with two attached hydrogens (primary N) is 1. The van der Waals surface area contributed by atoms with Gasteiger partial charge in [-0.1, -0.05) is 24.3 Å². The first-order valence-corrected chi connectivity index (χ1v) is 4.79. The number of hydrogen-bond acceptors (Lipinski definition) is 3. The zero-order chi connectivity index (χ0) is 11.4. The fourth-order valence-corrected chi connectivity index (χ4v) is 1.33. The Morgan fingerprint density at radius 2 is 2.06 bits per heavy atom. The molecule has 1 aromatic rings. The number of carbonyl (C=O) groups excluding carboxylic acids is 1. The van der Waals surface area contributed by atoms with Crippen LogP contribution in [0.1, 0.15) is 5.56 Å². The van der Waals surface area contributed by atoms with E-state index in [-0.39, 0.29) is 6.79 Å². The van der Waals surface area contributed by atoms with Crippen molar-refractivity contribution in [3.8, 4) is 11.5 Å². The Morgan fingerprint density at radius 3 is 2.88 bits per heavy atom. The molecule has 16 heavy (non-hydrogen) atoms. The summed E-state index contributed by atoms with van der Waals surface area (Å²) in [6, 6.07) is 5.62. The lowest BCUT2D eigenvalue weighted by molar-refractivity contribution is -0.113. The van der Waals surface area contributed by atoms with E-state index in [1.54, 1.807) is 12.2 Å². The van der Waals surface area contributed by atoms with Gasteiger partial charge >= 0.3 is 0 Å². The third kappa shape index (κ3) is 2.42. The zero-order valence-electron chi connectivity index (χ0n) is 8.55. The van der Waals surface area contributed by atoms with Gasteiger partial charge in [-0.05, 0) is 17.7 Å². The van der Waals surface area contributed by atoms with Gasteiger partial charge in [-0.3, -0.25) is 4.79 Å². The van der Waals surface area contributed by atoms with Gasteiger partial charge in [0.1, 0.15) is 0 Å². The van der Waals surface area contributed by atoms with Crippen LogP contribution in [-0.2, 0) is 4.79 Å². The van der Waals surface area contributed by atoms with Crippen molar-refractivity contribution >= 4 is 12.0 Å². The van der Waals surface area contributed by atoms with Crippen LogP contribution in [0.15, 0.2) is 36.4 Å². The molecule has 0 saturated carbocycles. The molecular formula is C12H11NO3. The fourth-order valence-electron chi connectivity index (χ4n) is 1.33. The second-order valence-electron chi connectivity index (χ2n) is 3.23. The van der Waals surface area contributed by atoms with Gasteiger partial charge in [-0.25, -0.2) is 0 Å². The first-order valence-electron chi connectivity index (χ1n) is 4.79. The molecule has 4 heteroatoms. The van der Waals surface area contributed by atoms with E-state index in [1.165, 1.54) is 6.08 Å². The molecule has 82 valence electrons. The van der Waals surface area contributed by atoms with Gasteiger partial charge in [0.15, 0.2) is 11.5 Å². The van der Waals surface area contributed by atoms with Crippen molar-refractivity contribution in [1.82, 2.24) is 0 Å². The number of carbonyl (C=O) groups is 1. The summed E-state index contributed by atoms with van der Waals surface area (Å²) in [6.07, 6.45) is 6.47. The summed E-state index contributed by atoms with van der Waals surface area (Å²) in [6.45, 7) is 0.268. The van der Waals surface area contributed by atoms with E-state index in [9.17, 15) is 4.79 Å². The summed E-state index contributed by atoms with van der Waals surface area (Å²) in [5, 5.41) is 0. The van der Waals surface area contributed by atoms with Crippen LogP contribution >= 0.6 is 0 Å². The van der Waals surface area contributed by atoms with Crippen LogP contribution < -0.4 is 15.2 Å². The Kier molecular flexibility index (Phi) is 2.91. The molecule has 1 amide bonds. The SMILES string of the molecule is NC(=O)C=CC=Cc1ccc2c(c1)OCO2. The highest BCUT2D eigenvalue weighted by atomic mass is 16.7. The van der Waals surface area contributed by atoms with Crippen LogP contribution in [0.5, 0.6) is 11.5 Å². The van der Waals surface area contributed by atoms with Gasteiger partial charge < -0.3 is 15.2 Å². The fraction of sp³-hybridized carbons (Fsp3) is 0.0833. The Morgan fingerprint density at radius 1 is 1.25 bits per heavy atom. The number of benzene rings is 1. The van der Waals surface area contributed by atoms with Gasteiger partial charge in [0.05, 0.1) is 0 Å². The lowest BCUT2D eigenvalue weighted by Crippen LogP contribution is -2.04. The van der Waals surface area contributed by atoms with Gasteiger partial charge in [-0.15, -0.1) is 0 Å². The van der Waals surface area contributed by atoms with Crippen LogP contribution in [0.4, 0.5) is 0 Å². The summed E-state index contributed by atoms with van der Waals surface area (Å²) in [5.74, 6) is 1.03. The molecule has 0 saturated heterocycles. The van der Waals surface area contributed by atoms with Crippen molar-refractivity contribution in [3.05, 3.63) is 42.0 Å². The molecular weight excluding hydrogens is 206 g/mol. The van der Waals surface area contributed by atoms with Gasteiger partial charge in [-0.2, -0.15) is 0 Å². The number of ether oxygens (including phenoxy) is 2. The molecule has 0 radical (unpaired) electrons. The standard InChI is InChI=1S/C12H11NO3/c13-12(14)4-2-1-3-9-5-6-10-11(7-9)16-8-15-10/h1-7H,8H2,(H2,13,14). The topological polar surface area (TPSA) is 61.6 Å². The molecule has 0 spiro atoms. The molecule has 0 aromatic heterocycles. The average Bonchev–Trinajstić information content (AvgIpc) is 2.71. The van der Waals surface area contributed by atoms with Gasteiger partial charge in [0.2, 0.25) is 12.7 Å². The van der Waals surface area contributed by atoms with Crippen molar-refractivity contribution in [2.45, 2.75) is 0 Å². The lowest BCUT2D eigenvalue weighted by Gasteiger charge is -1.96. The largest absolute Gasteiger partial charge is 0.454 e.